The summed E-state index contributed by atoms with van der Waals surface area (Å²) >= 11 is 0. The Morgan fingerprint density at radius 2 is 1.04 bits per heavy atom. The Kier molecular flexibility index (Phi) is 5.10. The molecule has 0 spiro atoms. The van der Waals surface area contributed by atoms with E-state index < -0.39 is 0 Å². The number of hydrogen-bond acceptors (Lipinski definition) is 1. The average Bonchev–Trinajstić information content (AvgIpc) is 2.61. The molecule has 0 atom stereocenters. The second-order valence-electron chi connectivity index (χ2n) is 5.93. The van der Waals surface area contributed by atoms with Crippen molar-refractivity contribution in [1.29, 1.82) is 0 Å². The Morgan fingerprint density at radius 3 is 1.61 bits per heavy atom. The zero-order valence-electron chi connectivity index (χ0n) is 13.3. The molecule has 0 fully saturated rings. The average molecular weight is 302 g/mol. The molecule has 0 saturated heterocycles. The Morgan fingerprint density at radius 1 is 0.522 bits per heavy atom. The standard InChI is InChI=1S/C22H22O/c23-22-17-20(12-11-18-7-3-1-4-8-18)14-16-21(22)15-13-19-9-5-2-6-10-19/h1-10,14,16-17,23H,11-13,15H2. The summed E-state index contributed by atoms with van der Waals surface area (Å²) in [5, 5.41) is 10.3. The first kappa shape index (κ1) is 15.4. The van der Waals surface area contributed by atoms with E-state index in [2.05, 4.69) is 60.7 Å². The van der Waals surface area contributed by atoms with Crippen LogP contribution in [-0.4, -0.2) is 5.11 Å². The van der Waals surface area contributed by atoms with Crippen LogP contribution in [0, 0.1) is 0 Å². The van der Waals surface area contributed by atoms with Crippen LogP contribution in [0.1, 0.15) is 22.3 Å². The number of phenols is 1. The zero-order valence-corrected chi connectivity index (χ0v) is 13.3. The summed E-state index contributed by atoms with van der Waals surface area (Å²) in [5.41, 5.74) is 4.85. The lowest BCUT2D eigenvalue weighted by Crippen LogP contribution is -1.95. The van der Waals surface area contributed by atoms with E-state index in [0.29, 0.717) is 5.75 Å². The van der Waals surface area contributed by atoms with Gasteiger partial charge in [-0.1, -0.05) is 72.8 Å². The van der Waals surface area contributed by atoms with Crippen LogP contribution in [-0.2, 0) is 25.7 Å². The fourth-order valence-corrected chi connectivity index (χ4v) is 2.83. The molecule has 3 rings (SSSR count). The van der Waals surface area contributed by atoms with Gasteiger partial charge in [-0.3, -0.25) is 0 Å². The smallest absolute Gasteiger partial charge is 0.119 e. The third-order valence-electron chi connectivity index (χ3n) is 4.22. The van der Waals surface area contributed by atoms with Crippen molar-refractivity contribution >= 4 is 0 Å². The van der Waals surface area contributed by atoms with Crippen LogP contribution in [0.2, 0.25) is 0 Å². The number of hydrogen-bond donors (Lipinski definition) is 1. The molecule has 0 amide bonds. The molecule has 3 aromatic rings. The van der Waals surface area contributed by atoms with Gasteiger partial charge in [-0.05, 0) is 54.0 Å². The Balaban J connectivity index is 1.59. The van der Waals surface area contributed by atoms with Crippen LogP contribution >= 0.6 is 0 Å². The Hall–Kier alpha value is -2.54. The van der Waals surface area contributed by atoms with Gasteiger partial charge < -0.3 is 5.11 Å². The molecular weight excluding hydrogens is 280 g/mol. The number of aromatic hydroxyl groups is 1. The van der Waals surface area contributed by atoms with E-state index in [1.807, 2.05) is 18.2 Å². The molecule has 0 unspecified atom stereocenters. The minimum Gasteiger partial charge on any atom is -0.508 e. The van der Waals surface area contributed by atoms with Gasteiger partial charge in [0, 0.05) is 0 Å². The molecule has 0 saturated carbocycles. The molecule has 116 valence electrons. The molecule has 23 heavy (non-hydrogen) atoms. The molecule has 0 aliphatic carbocycles. The SMILES string of the molecule is Oc1cc(CCc2ccccc2)ccc1CCc1ccccc1. The number of phenolic OH excluding ortho intramolecular Hbond substituents is 1. The Bertz CT molecular complexity index is 732. The summed E-state index contributed by atoms with van der Waals surface area (Å²) in [4.78, 5) is 0. The van der Waals surface area contributed by atoms with E-state index in [9.17, 15) is 5.11 Å². The second-order valence-corrected chi connectivity index (χ2v) is 5.93. The second kappa shape index (κ2) is 7.64. The highest BCUT2D eigenvalue weighted by atomic mass is 16.3. The van der Waals surface area contributed by atoms with Crippen molar-refractivity contribution in [3.8, 4) is 5.75 Å². The monoisotopic (exact) mass is 302 g/mol. The summed E-state index contributed by atoms with van der Waals surface area (Å²) in [6.45, 7) is 0. The van der Waals surface area contributed by atoms with Crippen molar-refractivity contribution in [2.45, 2.75) is 25.7 Å². The summed E-state index contributed by atoms with van der Waals surface area (Å²) in [7, 11) is 0. The van der Waals surface area contributed by atoms with Crippen molar-refractivity contribution in [2.75, 3.05) is 0 Å². The first-order chi connectivity index (χ1) is 11.3. The van der Waals surface area contributed by atoms with Crippen LogP contribution in [0.5, 0.6) is 5.75 Å². The van der Waals surface area contributed by atoms with E-state index in [4.69, 9.17) is 0 Å². The minimum absolute atomic E-state index is 0.423. The van der Waals surface area contributed by atoms with E-state index in [0.717, 1.165) is 31.2 Å². The van der Waals surface area contributed by atoms with Gasteiger partial charge in [-0.15, -0.1) is 0 Å². The molecule has 1 heteroatoms. The summed E-state index contributed by atoms with van der Waals surface area (Å²) in [5.74, 6) is 0.423. The molecule has 0 aromatic heterocycles. The first-order valence-corrected chi connectivity index (χ1v) is 8.20. The molecule has 0 heterocycles. The van der Waals surface area contributed by atoms with Gasteiger partial charge >= 0.3 is 0 Å². The van der Waals surface area contributed by atoms with Crippen LogP contribution in [0.25, 0.3) is 0 Å². The minimum atomic E-state index is 0.423. The maximum atomic E-state index is 10.3. The van der Waals surface area contributed by atoms with Crippen molar-refractivity contribution in [3.63, 3.8) is 0 Å². The molecule has 3 aromatic carbocycles. The van der Waals surface area contributed by atoms with Gasteiger partial charge in [0.05, 0.1) is 0 Å². The molecule has 0 bridgehead atoms. The predicted molar refractivity (Wildman–Crippen MR) is 95.8 cm³/mol. The van der Waals surface area contributed by atoms with Gasteiger partial charge in [0.1, 0.15) is 5.75 Å². The highest BCUT2D eigenvalue weighted by Crippen LogP contribution is 2.22. The quantitative estimate of drug-likeness (QED) is 0.682. The normalized spacial score (nSPS) is 10.6. The van der Waals surface area contributed by atoms with Crippen molar-refractivity contribution < 1.29 is 5.11 Å². The lowest BCUT2D eigenvalue weighted by molar-refractivity contribution is 0.467. The number of benzene rings is 3. The van der Waals surface area contributed by atoms with Crippen molar-refractivity contribution in [3.05, 3.63) is 101 Å². The van der Waals surface area contributed by atoms with Gasteiger partial charge in [0.25, 0.3) is 0 Å². The fourth-order valence-electron chi connectivity index (χ4n) is 2.83. The molecule has 1 nitrogen and oxygen atoms in total. The highest BCUT2D eigenvalue weighted by Gasteiger charge is 2.04. The molecule has 0 aliphatic heterocycles. The van der Waals surface area contributed by atoms with Crippen LogP contribution < -0.4 is 0 Å². The zero-order chi connectivity index (χ0) is 15.9. The van der Waals surface area contributed by atoms with Gasteiger partial charge in [0.15, 0.2) is 0 Å². The number of aryl methyl sites for hydroxylation is 4. The molecule has 0 radical (unpaired) electrons. The van der Waals surface area contributed by atoms with E-state index in [1.54, 1.807) is 0 Å². The first-order valence-electron chi connectivity index (χ1n) is 8.20. The van der Waals surface area contributed by atoms with Crippen LogP contribution in [0.3, 0.4) is 0 Å². The van der Waals surface area contributed by atoms with Crippen molar-refractivity contribution in [2.24, 2.45) is 0 Å². The maximum Gasteiger partial charge on any atom is 0.119 e. The van der Waals surface area contributed by atoms with Crippen LogP contribution in [0.15, 0.2) is 78.9 Å². The predicted octanol–water partition coefficient (Wildman–Crippen LogP) is 4.96. The van der Waals surface area contributed by atoms with E-state index >= 15 is 0 Å². The van der Waals surface area contributed by atoms with Gasteiger partial charge in [0.2, 0.25) is 0 Å². The highest BCUT2D eigenvalue weighted by molar-refractivity contribution is 5.37. The van der Waals surface area contributed by atoms with E-state index in [-0.39, 0.29) is 0 Å². The van der Waals surface area contributed by atoms with Crippen LogP contribution in [0.4, 0.5) is 0 Å². The molecule has 0 aliphatic rings. The summed E-state index contributed by atoms with van der Waals surface area (Å²) < 4.78 is 0. The lowest BCUT2D eigenvalue weighted by Gasteiger charge is -2.08. The van der Waals surface area contributed by atoms with E-state index in [1.165, 1.54) is 16.7 Å². The third-order valence-corrected chi connectivity index (χ3v) is 4.22. The summed E-state index contributed by atoms with van der Waals surface area (Å²) in [6.07, 6.45) is 3.78. The fraction of sp³-hybridized carbons (Fsp3) is 0.182. The lowest BCUT2D eigenvalue weighted by atomic mass is 9.99. The topological polar surface area (TPSA) is 20.2 Å². The largest absolute Gasteiger partial charge is 0.508 e. The van der Waals surface area contributed by atoms with Gasteiger partial charge in [-0.25, -0.2) is 0 Å². The Labute approximate surface area is 138 Å². The van der Waals surface area contributed by atoms with Gasteiger partial charge in [-0.2, -0.15) is 0 Å². The molecular formula is C22H22O. The molecule has 1 N–H and O–H groups in total. The summed E-state index contributed by atoms with van der Waals surface area (Å²) in [6, 6.07) is 27.0. The number of rotatable bonds is 6. The third kappa shape index (κ3) is 4.46. The van der Waals surface area contributed by atoms with Crippen molar-refractivity contribution in [1.82, 2.24) is 0 Å². The maximum absolute atomic E-state index is 10.3.